The molecule has 0 saturated heterocycles. The number of aliphatic carboxylic acids is 1. The van der Waals surface area contributed by atoms with Crippen molar-refractivity contribution in [3.05, 3.63) is 84.1 Å². The maximum Gasteiger partial charge on any atom is 0.305 e. The van der Waals surface area contributed by atoms with E-state index in [0.29, 0.717) is 6.42 Å². The highest BCUT2D eigenvalue weighted by atomic mass is 16.4. The molecule has 4 aromatic rings. The Bertz CT molecular complexity index is 1750. The number of nitrogens with one attached hydrogen (secondary N) is 3. The number of carboxylic acid groups (broad SMARTS) is 1. The summed E-state index contributed by atoms with van der Waals surface area (Å²) >= 11 is 0. The third-order valence-corrected chi connectivity index (χ3v) is 8.31. The van der Waals surface area contributed by atoms with Gasteiger partial charge < -0.3 is 37.1 Å². The highest BCUT2D eigenvalue weighted by Crippen LogP contribution is 2.20. The van der Waals surface area contributed by atoms with E-state index in [2.05, 4.69) is 15.6 Å². The first-order chi connectivity index (χ1) is 22.5. The van der Waals surface area contributed by atoms with Gasteiger partial charge in [0.1, 0.15) is 18.1 Å². The van der Waals surface area contributed by atoms with Crippen LogP contribution in [0.25, 0.3) is 21.7 Å². The molecule has 3 aromatic carbocycles. The minimum atomic E-state index is -1.54. The quantitative estimate of drug-likeness (QED) is 0.108. The molecule has 4 atom stereocenters. The summed E-state index contributed by atoms with van der Waals surface area (Å²) in [5.41, 5.74) is 14.5. The maximum absolute atomic E-state index is 13.6. The molecule has 0 bridgehead atoms. The molecule has 4 amide bonds. The van der Waals surface area contributed by atoms with Crippen LogP contribution in [0, 0.1) is 0 Å². The SMILES string of the molecule is CCCCC(C(=O)N[C@@H](CC(=O)O)C(=O)NC(Cc1ccc2ccccc2c1)C(N)=O)N(C)C(=O)[C@@H](N)Cc1c[nH]c2ccccc12. The fourth-order valence-corrected chi connectivity index (χ4v) is 5.69. The number of amides is 4. The smallest absolute Gasteiger partial charge is 0.305 e. The molecule has 0 aliphatic carbocycles. The monoisotopic (exact) mass is 642 g/mol. The number of hydrogen-bond acceptors (Lipinski definition) is 6. The second kappa shape index (κ2) is 15.9. The Balaban J connectivity index is 1.47. The van der Waals surface area contributed by atoms with Gasteiger partial charge in [0.25, 0.3) is 0 Å². The van der Waals surface area contributed by atoms with Gasteiger partial charge in [-0.3, -0.25) is 24.0 Å². The molecule has 8 N–H and O–H groups in total. The molecule has 0 saturated carbocycles. The summed E-state index contributed by atoms with van der Waals surface area (Å²) in [4.78, 5) is 69.0. The summed E-state index contributed by atoms with van der Waals surface area (Å²) in [6, 6.07) is 16.2. The van der Waals surface area contributed by atoms with Gasteiger partial charge in [0.2, 0.25) is 23.6 Å². The van der Waals surface area contributed by atoms with Crippen LogP contribution in [-0.4, -0.2) is 75.8 Å². The van der Waals surface area contributed by atoms with Gasteiger partial charge in [-0.05, 0) is 40.8 Å². The van der Waals surface area contributed by atoms with Crippen molar-refractivity contribution in [3.8, 4) is 0 Å². The predicted molar refractivity (Wildman–Crippen MR) is 179 cm³/mol. The van der Waals surface area contributed by atoms with E-state index >= 15 is 0 Å². The molecule has 248 valence electrons. The topological polar surface area (TPSA) is 201 Å². The van der Waals surface area contributed by atoms with Gasteiger partial charge in [0.15, 0.2) is 0 Å². The third kappa shape index (κ3) is 8.95. The molecule has 0 spiro atoms. The first-order valence-corrected chi connectivity index (χ1v) is 15.6. The van der Waals surface area contributed by atoms with Crippen LogP contribution in [0.5, 0.6) is 0 Å². The lowest BCUT2D eigenvalue weighted by Crippen LogP contribution is -2.58. The zero-order chi connectivity index (χ0) is 34.1. The highest BCUT2D eigenvalue weighted by Gasteiger charge is 2.34. The van der Waals surface area contributed by atoms with E-state index in [0.717, 1.165) is 39.2 Å². The van der Waals surface area contributed by atoms with E-state index in [4.69, 9.17) is 11.5 Å². The number of rotatable bonds is 16. The van der Waals surface area contributed by atoms with Crippen molar-refractivity contribution < 1.29 is 29.1 Å². The number of primary amides is 1. The zero-order valence-electron chi connectivity index (χ0n) is 26.6. The normalized spacial score (nSPS) is 13.8. The van der Waals surface area contributed by atoms with E-state index in [9.17, 15) is 29.1 Å². The third-order valence-electron chi connectivity index (χ3n) is 8.31. The van der Waals surface area contributed by atoms with E-state index in [-0.39, 0.29) is 19.3 Å². The number of nitrogens with two attached hydrogens (primary N) is 2. The standard InChI is InChI=1S/C35H42N6O6/c1-3-4-13-30(41(2)35(47)26(36)18-24-20-38-27-12-8-7-11-25(24)27)34(46)40-29(19-31(42)43)33(45)39-28(32(37)44)17-21-14-15-22-9-5-6-10-23(22)16-21/h5-12,14-16,20,26,28-30,38H,3-4,13,17-19,36H2,1-2H3,(H2,37,44)(H,39,45)(H,40,46)(H,42,43)/t26-,28?,29-,30?/m0/s1. The number of aromatic nitrogens is 1. The molecule has 0 aliphatic heterocycles. The van der Waals surface area contributed by atoms with Crippen LogP contribution in [0.3, 0.4) is 0 Å². The Morgan fingerprint density at radius 2 is 1.57 bits per heavy atom. The van der Waals surface area contributed by atoms with Gasteiger partial charge in [-0.25, -0.2) is 0 Å². The lowest BCUT2D eigenvalue weighted by molar-refractivity contribution is -0.143. The number of carbonyl (C=O) groups is 5. The summed E-state index contributed by atoms with van der Waals surface area (Å²) in [7, 11) is 1.47. The van der Waals surface area contributed by atoms with Crippen LogP contribution in [0.1, 0.15) is 43.7 Å². The van der Waals surface area contributed by atoms with Crippen LogP contribution in [0.15, 0.2) is 72.9 Å². The molecular formula is C35H42N6O6. The van der Waals surface area contributed by atoms with Crippen LogP contribution in [0.4, 0.5) is 0 Å². The van der Waals surface area contributed by atoms with Crippen molar-refractivity contribution in [1.82, 2.24) is 20.5 Å². The van der Waals surface area contributed by atoms with Gasteiger partial charge in [-0.1, -0.05) is 80.4 Å². The molecule has 1 aromatic heterocycles. The van der Waals surface area contributed by atoms with Gasteiger partial charge in [0.05, 0.1) is 12.5 Å². The number of likely N-dealkylation sites (N-methyl/N-ethyl adjacent to an activating group) is 1. The van der Waals surface area contributed by atoms with Crippen LogP contribution < -0.4 is 22.1 Å². The predicted octanol–water partition coefficient (Wildman–Crippen LogP) is 2.38. The average Bonchev–Trinajstić information content (AvgIpc) is 3.45. The van der Waals surface area contributed by atoms with Crippen molar-refractivity contribution in [1.29, 1.82) is 0 Å². The number of unbranched alkanes of at least 4 members (excludes halogenated alkanes) is 1. The Morgan fingerprint density at radius 1 is 0.894 bits per heavy atom. The van der Waals surface area contributed by atoms with Gasteiger partial charge in [0, 0.05) is 30.6 Å². The summed E-state index contributed by atoms with van der Waals surface area (Å²) in [6.45, 7) is 1.93. The molecule has 0 fully saturated rings. The fraction of sp³-hybridized carbons (Fsp3) is 0.343. The number of hydrogen-bond donors (Lipinski definition) is 6. The van der Waals surface area contributed by atoms with E-state index in [1.165, 1.54) is 11.9 Å². The van der Waals surface area contributed by atoms with Gasteiger partial charge >= 0.3 is 5.97 Å². The molecule has 12 nitrogen and oxygen atoms in total. The maximum atomic E-state index is 13.6. The number of fused-ring (bicyclic) bond motifs is 2. The Kier molecular flexibility index (Phi) is 11.7. The van der Waals surface area contributed by atoms with Gasteiger partial charge in [-0.2, -0.15) is 0 Å². The number of aromatic amines is 1. The summed E-state index contributed by atoms with van der Waals surface area (Å²) in [6.07, 6.45) is 2.90. The van der Waals surface area contributed by atoms with Gasteiger partial charge in [-0.15, -0.1) is 0 Å². The lowest BCUT2D eigenvalue weighted by atomic mass is 10.0. The Hall–Kier alpha value is -5.23. The summed E-state index contributed by atoms with van der Waals surface area (Å²) in [5.74, 6) is -4.23. The second-order valence-electron chi connectivity index (χ2n) is 11.8. The zero-order valence-corrected chi connectivity index (χ0v) is 26.6. The van der Waals surface area contributed by atoms with Crippen molar-refractivity contribution in [2.75, 3.05) is 7.05 Å². The van der Waals surface area contributed by atoms with E-state index in [1.54, 1.807) is 6.20 Å². The molecular weight excluding hydrogens is 600 g/mol. The fourth-order valence-electron chi connectivity index (χ4n) is 5.69. The minimum absolute atomic E-state index is 0.0598. The molecule has 12 heteroatoms. The van der Waals surface area contributed by atoms with Crippen LogP contribution >= 0.6 is 0 Å². The van der Waals surface area contributed by atoms with Crippen LogP contribution in [0.2, 0.25) is 0 Å². The van der Waals surface area contributed by atoms with Crippen molar-refractivity contribution in [2.24, 2.45) is 11.5 Å². The van der Waals surface area contributed by atoms with E-state index in [1.807, 2.05) is 73.7 Å². The van der Waals surface area contributed by atoms with Crippen molar-refractivity contribution >= 4 is 51.3 Å². The van der Waals surface area contributed by atoms with E-state index < -0.39 is 60.2 Å². The lowest BCUT2D eigenvalue weighted by Gasteiger charge is -2.31. The number of benzene rings is 3. The minimum Gasteiger partial charge on any atom is -0.481 e. The molecule has 1 heterocycles. The molecule has 4 rings (SSSR count). The first-order valence-electron chi connectivity index (χ1n) is 15.6. The highest BCUT2D eigenvalue weighted by molar-refractivity contribution is 5.96. The molecule has 2 unspecified atom stereocenters. The largest absolute Gasteiger partial charge is 0.481 e. The Labute approximate surface area is 272 Å². The number of nitrogens with zero attached hydrogens (tertiary/aromatic N) is 1. The number of carboxylic acids is 1. The van der Waals surface area contributed by atoms with Crippen molar-refractivity contribution in [2.45, 2.75) is 69.6 Å². The Morgan fingerprint density at radius 3 is 2.28 bits per heavy atom. The average molecular weight is 643 g/mol. The van der Waals surface area contributed by atoms with Crippen molar-refractivity contribution in [3.63, 3.8) is 0 Å². The summed E-state index contributed by atoms with van der Waals surface area (Å²) in [5, 5.41) is 17.5. The second-order valence-corrected chi connectivity index (χ2v) is 11.8. The molecule has 0 aliphatic rings. The summed E-state index contributed by atoms with van der Waals surface area (Å²) < 4.78 is 0. The number of para-hydroxylation sites is 1. The first kappa shape index (κ1) is 34.6. The molecule has 0 radical (unpaired) electrons. The van der Waals surface area contributed by atoms with Crippen LogP contribution in [-0.2, 0) is 36.8 Å². The number of H-pyrrole nitrogens is 1. The number of carbonyl (C=O) groups excluding carboxylic acids is 4. The molecule has 47 heavy (non-hydrogen) atoms.